The van der Waals surface area contributed by atoms with E-state index in [4.69, 9.17) is 9.47 Å². The van der Waals surface area contributed by atoms with Crippen LogP contribution in [0.1, 0.15) is 22.3 Å². The number of hydrogen-bond acceptors (Lipinski definition) is 7. The van der Waals surface area contributed by atoms with Gasteiger partial charge in [-0.05, 0) is 82.4 Å². The van der Waals surface area contributed by atoms with E-state index in [9.17, 15) is 32.8 Å². The van der Waals surface area contributed by atoms with Crippen molar-refractivity contribution in [3.63, 3.8) is 0 Å². The molecule has 1 fully saturated rings. The number of nitrogens with one attached hydrogen (secondary N) is 1. The highest BCUT2D eigenvalue weighted by Gasteiger charge is 2.36. The molecule has 3 aromatic carbocycles. The molecular weight excluding hydrogens is 674 g/mol. The molecule has 0 atom stereocenters. The van der Waals surface area contributed by atoms with Gasteiger partial charge in [-0.3, -0.25) is 19.3 Å². The minimum absolute atomic E-state index is 0.0522. The molecule has 1 aliphatic rings. The van der Waals surface area contributed by atoms with E-state index in [-0.39, 0.29) is 17.2 Å². The maximum Gasteiger partial charge on any atom is 0.416 e. The third-order valence-corrected chi connectivity index (χ3v) is 7.42. The normalized spacial score (nSPS) is 14.2. The molecule has 13 heteroatoms. The van der Waals surface area contributed by atoms with Crippen LogP contribution in [0, 0.1) is 14.9 Å². The van der Waals surface area contributed by atoms with Crippen LogP contribution in [0.3, 0.4) is 0 Å². The molecular formula is C28H19F3IN3O5S. The van der Waals surface area contributed by atoms with Gasteiger partial charge in [0.15, 0.2) is 11.5 Å². The van der Waals surface area contributed by atoms with Crippen molar-refractivity contribution in [2.75, 3.05) is 19.0 Å². The minimum atomic E-state index is -4.59. The number of nitriles is 1. The standard InChI is InChI=1S/C28H19F3IN3O5S/c1-39-22-10-16(9-21(32)25(22)40-15-18-6-3-2-5-17(18)13-33)11-23-26(37)35(27(38)41-23)14-24(36)34-20-8-4-7-19(12-20)28(29,30)31/h2-12H,14-15H2,1H3,(H,34,36)/b23-11-. The van der Waals surface area contributed by atoms with Gasteiger partial charge in [0.1, 0.15) is 13.2 Å². The maximum absolute atomic E-state index is 12.9. The Hall–Kier alpha value is -4.03. The summed E-state index contributed by atoms with van der Waals surface area (Å²) >= 11 is 2.67. The molecule has 4 rings (SSSR count). The summed E-state index contributed by atoms with van der Waals surface area (Å²) in [4.78, 5) is 38.6. The van der Waals surface area contributed by atoms with E-state index >= 15 is 0 Å². The van der Waals surface area contributed by atoms with Gasteiger partial charge in [0, 0.05) is 11.3 Å². The summed E-state index contributed by atoms with van der Waals surface area (Å²) in [5, 5.41) is 10.9. The Morgan fingerprint density at radius 3 is 2.61 bits per heavy atom. The summed E-state index contributed by atoms with van der Waals surface area (Å²) < 4.78 is 50.9. The first-order valence-corrected chi connectivity index (χ1v) is 13.6. The van der Waals surface area contributed by atoms with Crippen LogP contribution in [-0.2, 0) is 22.4 Å². The Balaban J connectivity index is 1.47. The zero-order valence-electron chi connectivity index (χ0n) is 21.1. The van der Waals surface area contributed by atoms with Crippen molar-refractivity contribution in [1.29, 1.82) is 5.26 Å². The largest absolute Gasteiger partial charge is 0.493 e. The SMILES string of the molecule is COc1cc(/C=C2\SC(=O)N(CC(=O)Nc3cccc(C(F)(F)F)c3)C2=O)cc(I)c1OCc1ccccc1C#N. The Kier molecular flexibility index (Phi) is 9.24. The number of benzene rings is 3. The number of ether oxygens (including phenoxy) is 2. The van der Waals surface area contributed by atoms with Crippen molar-refractivity contribution in [2.24, 2.45) is 0 Å². The van der Waals surface area contributed by atoms with Crippen molar-refractivity contribution in [3.05, 3.63) is 91.4 Å². The number of carbonyl (C=O) groups excluding carboxylic acids is 3. The summed E-state index contributed by atoms with van der Waals surface area (Å²) in [6.45, 7) is -0.549. The molecule has 8 nitrogen and oxygen atoms in total. The van der Waals surface area contributed by atoms with E-state index in [0.717, 1.165) is 18.2 Å². The number of thioether (sulfide) groups is 1. The molecule has 0 aliphatic carbocycles. The molecule has 3 amide bonds. The fourth-order valence-electron chi connectivity index (χ4n) is 3.77. The van der Waals surface area contributed by atoms with Gasteiger partial charge in [0.2, 0.25) is 5.91 Å². The highest BCUT2D eigenvalue weighted by atomic mass is 127. The molecule has 0 spiro atoms. The number of anilines is 1. The zero-order valence-corrected chi connectivity index (χ0v) is 24.1. The van der Waals surface area contributed by atoms with Gasteiger partial charge in [-0.15, -0.1) is 0 Å². The van der Waals surface area contributed by atoms with Gasteiger partial charge >= 0.3 is 6.18 Å². The van der Waals surface area contributed by atoms with Crippen molar-refractivity contribution in [2.45, 2.75) is 12.8 Å². The summed E-state index contributed by atoms with van der Waals surface area (Å²) in [6.07, 6.45) is -3.12. The molecule has 0 unspecified atom stereocenters. The van der Waals surface area contributed by atoms with E-state index in [1.807, 2.05) is 22.6 Å². The molecule has 210 valence electrons. The van der Waals surface area contributed by atoms with Gasteiger partial charge in [0.25, 0.3) is 11.1 Å². The lowest BCUT2D eigenvalue weighted by molar-refractivity contribution is -0.137. The van der Waals surface area contributed by atoms with E-state index in [1.165, 1.54) is 19.3 Å². The van der Waals surface area contributed by atoms with Crippen LogP contribution in [0.5, 0.6) is 11.5 Å². The number of amides is 3. The van der Waals surface area contributed by atoms with Crippen LogP contribution in [0.2, 0.25) is 0 Å². The van der Waals surface area contributed by atoms with Gasteiger partial charge in [-0.25, -0.2) is 0 Å². The van der Waals surface area contributed by atoms with Crippen molar-refractivity contribution < 1.29 is 37.0 Å². The Morgan fingerprint density at radius 2 is 1.90 bits per heavy atom. The molecule has 0 aromatic heterocycles. The second kappa shape index (κ2) is 12.6. The van der Waals surface area contributed by atoms with E-state index < -0.39 is 35.3 Å². The highest BCUT2D eigenvalue weighted by molar-refractivity contribution is 14.1. The Morgan fingerprint density at radius 1 is 1.15 bits per heavy atom. The second-order valence-electron chi connectivity index (χ2n) is 8.49. The predicted octanol–water partition coefficient (Wildman–Crippen LogP) is 6.44. The number of nitrogens with zero attached hydrogens (tertiary/aromatic N) is 2. The van der Waals surface area contributed by atoms with Crippen molar-refractivity contribution in [1.82, 2.24) is 4.90 Å². The number of carbonyl (C=O) groups is 3. The molecule has 0 saturated carbocycles. The fourth-order valence-corrected chi connectivity index (χ4v) is 5.39. The third kappa shape index (κ3) is 7.19. The lowest BCUT2D eigenvalue weighted by atomic mass is 10.1. The highest BCUT2D eigenvalue weighted by Crippen LogP contribution is 2.38. The van der Waals surface area contributed by atoms with Gasteiger partial charge < -0.3 is 14.8 Å². The Labute approximate surface area is 250 Å². The van der Waals surface area contributed by atoms with Crippen molar-refractivity contribution in [3.8, 4) is 17.6 Å². The lowest BCUT2D eigenvalue weighted by Gasteiger charge is -2.14. The topological polar surface area (TPSA) is 109 Å². The molecule has 1 saturated heterocycles. The summed E-state index contributed by atoms with van der Waals surface area (Å²) in [5.41, 5.74) is 0.639. The molecule has 1 N–H and O–H groups in total. The number of rotatable bonds is 8. The average molecular weight is 693 g/mol. The predicted molar refractivity (Wildman–Crippen MR) is 154 cm³/mol. The lowest BCUT2D eigenvalue weighted by Crippen LogP contribution is -2.36. The van der Waals surface area contributed by atoms with Crippen LogP contribution in [0.15, 0.2) is 65.6 Å². The number of alkyl halides is 3. The quantitative estimate of drug-likeness (QED) is 0.214. The van der Waals surface area contributed by atoms with Crippen LogP contribution >= 0.6 is 34.4 Å². The monoisotopic (exact) mass is 693 g/mol. The van der Waals surface area contributed by atoms with E-state index in [2.05, 4.69) is 11.4 Å². The Bertz CT molecular complexity index is 1600. The summed E-state index contributed by atoms with van der Waals surface area (Å²) in [7, 11) is 1.45. The molecule has 1 heterocycles. The summed E-state index contributed by atoms with van der Waals surface area (Å²) in [5.74, 6) is -0.764. The van der Waals surface area contributed by atoms with E-state index in [0.29, 0.717) is 48.4 Å². The first kappa shape index (κ1) is 29.9. The number of imide groups is 1. The smallest absolute Gasteiger partial charge is 0.416 e. The molecule has 41 heavy (non-hydrogen) atoms. The third-order valence-electron chi connectivity index (χ3n) is 5.71. The fraction of sp³-hybridized carbons (Fsp3) is 0.143. The van der Waals surface area contributed by atoms with Gasteiger partial charge in [-0.1, -0.05) is 24.3 Å². The van der Waals surface area contributed by atoms with Crippen LogP contribution in [0.4, 0.5) is 23.7 Å². The van der Waals surface area contributed by atoms with Gasteiger partial charge in [0.05, 0.1) is 32.8 Å². The van der Waals surface area contributed by atoms with Crippen LogP contribution in [0.25, 0.3) is 6.08 Å². The number of methoxy groups -OCH3 is 1. The first-order valence-electron chi connectivity index (χ1n) is 11.7. The van der Waals surface area contributed by atoms with Gasteiger partial charge in [-0.2, -0.15) is 18.4 Å². The van der Waals surface area contributed by atoms with Crippen molar-refractivity contribution >= 4 is 63.2 Å². The average Bonchev–Trinajstić information content (AvgIpc) is 3.19. The number of hydrogen-bond donors (Lipinski definition) is 1. The van der Waals surface area contributed by atoms with Crippen LogP contribution < -0.4 is 14.8 Å². The first-order chi connectivity index (χ1) is 19.5. The minimum Gasteiger partial charge on any atom is -0.493 e. The molecule has 1 aliphatic heterocycles. The second-order valence-corrected chi connectivity index (χ2v) is 10.6. The number of halogens is 4. The molecule has 0 bridgehead atoms. The molecule has 3 aromatic rings. The summed E-state index contributed by atoms with van der Waals surface area (Å²) in [6, 6.07) is 16.5. The maximum atomic E-state index is 12.9. The zero-order chi connectivity index (χ0) is 29.7. The van der Waals surface area contributed by atoms with E-state index in [1.54, 1.807) is 36.4 Å². The van der Waals surface area contributed by atoms with Crippen LogP contribution in [-0.4, -0.2) is 35.6 Å². The molecule has 0 radical (unpaired) electrons.